The third kappa shape index (κ3) is 2.88. The van der Waals surface area contributed by atoms with E-state index in [0.29, 0.717) is 23.6 Å². The van der Waals surface area contributed by atoms with Gasteiger partial charge in [0.05, 0.1) is 11.3 Å². The van der Waals surface area contributed by atoms with E-state index < -0.39 is 0 Å². The minimum absolute atomic E-state index is 0.0860. The number of benzene rings is 1. The summed E-state index contributed by atoms with van der Waals surface area (Å²) in [4.78, 5) is 15.7. The van der Waals surface area contributed by atoms with Crippen molar-refractivity contribution in [1.82, 2.24) is 4.98 Å². The minimum Gasteiger partial charge on any atom is -0.483 e. The summed E-state index contributed by atoms with van der Waals surface area (Å²) in [7, 11) is 0. The summed E-state index contributed by atoms with van der Waals surface area (Å²) >= 11 is 4.80. The molecule has 0 fully saturated rings. The number of rotatable bonds is 4. The van der Waals surface area contributed by atoms with E-state index in [-0.39, 0.29) is 5.78 Å². The fraction of sp³-hybridized carbons (Fsp3) is 0.167. The molecule has 2 aromatic rings. The number of carbonyl (C=O) groups excluding carboxylic acids is 1. The van der Waals surface area contributed by atoms with E-state index in [0.717, 1.165) is 9.48 Å². The van der Waals surface area contributed by atoms with Gasteiger partial charge in [-0.15, -0.1) is 11.3 Å². The van der Waals surface area contributed by atoms with Crippen LogP contribution in [-0.2, 0) is 6.61 Å². The molecule has 0 amide bonds. The number of thiazole rings is 1. The Kier molecular flexibility index (Phi) is 3.98. The van der Waals surface area contributed by atoms with Crippen LogP contribution in [0.3, 0.4) is 0 Å². The van der Waals surface area contributed by atoms with Crippen LogP contribution < -0.4 is 10.5 Å². The maximum Gasteiger partial charge on any atom is 0.163 e. The van der Waals surface area contributed by atoms with Crippen LogP contribution in [0.2, 0.25) is 0 Å². The molecule has 0 saturated heterocycles. The molecule has 1 heterocycles. The van der Waals surface area contributed by atoms with Crippen LogP contribution in [0.4, 0.5) is 5.69 Å². The van der Waals surface area contributed by atoms with Gasteiger partial charge in [0.15, 0.2) is 11.5 Å². The van der Waals surface area contributed by atoms with Crippen molar-refractivity contribution in [2.45, 2.75) is 13.5 Å². The zero-order valence-corrected chi connectivity index (χ0v) is 12.0. The van der Waals surface area contributed by atoms with Gasteiger partial charge >= 0.3 is 0 Å². The molecule has 1 aromatic carbocycles. The van der Waals surface area contributed by atoms with Gasteiger partial charge in [0.2, 0.25) is 0 Å². The molecule has 0 aliphatic rings. The monoisotopic (exact) mass is 326 g/mol. The second-order valence-electron chi connectivity index (χ2n) is 3.64. The summed E-state index contributed by atoms with van der Waals surface area (Å²) in [5, 5.41) is 2.71. The molecule has 2 N–H and O–H groups in total. The van der Waals surface area contributed by atoms with Crippen LogP contribution in [0.15, 0.2) is 28.2 Å². The zero-order valence-electron chi connectivity index (χ0n) is 9.64. The van der Waals surface area contributed by atoms with Crippen LogP contribution in [0, 0.1) is 0 Å². The van der Waals surface area contributed by atoms with E-state index >= 15 is 0 Å². The maximum atomic E-state index is 11.6. The fourth-order valence-electron chi connectivity index (χ4n) is 1.50. The van der Waals surface area contributed by atoms with Crippen molar-refractivity contribution in [3.8, 4) is 5.75 Å². The summed E-state index contributed by atoms with van der Waals surface area (Å²) in [6.07, 6.45) is 1.71. The van der Waals surface area contributed by atoms with Crippen LogP contribution in [0.25, 0.3) is 0 Å². The first kappa shape index (κ1) is 13.0. The molecule has 6 heteroatoms. The summed E-state index contributed by atoms with van der Waals surface area (Å²) < 4.78 is 6.37. The highest BCUT2D eigenvalue weighted by Crippen LogP contribution is 2.31. The lowest BCUT2D eigenvalue weighted by Crippen LogP contribution is -2.05. The van der Waals surface area contributed by atoms with Gasteiger partial charge in [0, 0.05) is 16.0 Å². The quantitative estimate of drug-likeness (QED) is 0.691. The number of nitrogens with two attached hydrogens (primary N) is 1. The van der Waals surface area contributed by atoms with E-state index in [9.17, 15) is 4.79 Å². The third-order valence-corrected chi connectivity index (χ3v) is 3.50. The Labute approximate surface area is 117 Å². The van der Waals surface area contributed by atoms with Gasteiger partial charge in [-0.1, -0.05) is 15.9 Å². The van der Waals surface area contributed by atoms with Gasteiger partial charge in [-0.3, -0.25) is 4.79 Å². The van der Waals surface area contributed by atoms with Crippen LogP contribution in [-0.4, -0.2) is 10.8 Å². The smallest absolute Gasteiger partial charge is 0.163 e. The predicted molar refractivity (Wildman–Crippen MR) is 75.0 cm³/mol. The second-order valence-corrected chi connectivity index (χ2v) is 5.54. The van der Waals surface area contributed by atoms with Crippen molar-refractivity contribution in [1.29, 1.82) is 0 Å². The topological polar surface area (TPSA) is 65.2 Å². The molecule has 0 spiro atoms. The van der Waals surface area contributed by atoms with E-state index in [1.807, 2.05) is 5.38 Å². The number of Topliss-reactive ketones (excluding diaryl/α,β-unsaturated/α-hetero) is 1. The lowest BCUT2D eigenvalue weighted by molar-refractivity contribution is 0.101. The Bertz CT molecular complexity index is 570. The number of halogens is 1. The van der Waals surface area contributed by atoms with Crippen molar-refractivity contribution in [3.63, 3.8) is 0 Å². The molecule has 2 rings (SSSR count). The molecule has 18 heavy (non-hydrogen) atoms. The molecule has 0 aliphatic heterocycles. The van der Waals surface area contributed by atoms with Crippen LogP contribution >= 0.6 is 27.3 Å². The van der Waals surface area contributed by atoms with E-state index in [1.165, 1.54) is 18.3 Å². The normalized spacial score (nSPS) is 10.3. The van der Waals surface area contributed by atoms with Gasteiger partial charge in [0.1, 0.15) is 11.6 Å². The number of ketones is 1. The van der Waals surface area contributed by atoms with Crippen molar-refractivity contribution in [2.75, 3.05) is 5.73 Å². The van der Waals surface area contributed by atoms with Crippen LogP contribution in [0.5, 0.6) is 5.75 Å². The molecule has 0 atom stereocenters. The Hall–Kier alpha value is -1.40. The average Bonchev–Trinajstić information content (AvgIpc) is 2.79. The fourth-order valence-corrected chi connectivity index (χ4v) is 2.50. The first-order valence-electron chi connectivity index (χ1n) is 5.19. The van der Waals surface area contributed by atoms with Gasteiger partial charge in [-0.25, -0.2) is 4.98 Å². The third-order valence-electron chi connectivity index (χ3n) is 2.29. The van der Waals surface area contributed by atoms with E-state index in [2.05, 4.69) is 20.9 Å². The first-order chi connectivity index (χ1) is 8.58. The standard InChI is InChI=1S/C12H11BrN2O2S/c1-7(16)9-4-8(13)5-10(14)12(9)17-6-11-15-2-3-18-11/h2-5H,6,14H2,1H3. The van der Waals surface area contributed by atoms with Gasteiger partial charge in [-0.2, -0.15) is 0 Å². The molecule has 0 unspecified atom stereocenters. The zero-order chi connectivity index (χ0) is 13.1. The van der Waals surface area contributed by atoms with Crippen LogP contribution in [0.1, 0.15) is 22.3 Å². The summed E-state index contributed by atoms with van der Waals surface area (Å²) in [5.41, 5.74) is 6.78. The van der Waals surface area contributed by atoms with Crippen molar-refractivity contribution >= 4 is 38.7 Å². The van der Waals surface area contributed by atoms with E-state index in [1.54, 1.807) is 18.3 Å². The predicted octanol–water partition coefficient (Wildman–Crippen LogP) is 3.27. The summed E-state index contributed by atoms with van der Waals surface area (Å²) in [6, 6.07) is 3.42. The second kappa shape index (κ2) is 5.49. The summed E-state index contributed by atoms with van der Waals surface area (Å²) in [5.74, 6) is 0.332. The lowest BCUT2D eigenvalue weighted by atomic mass is 10.1. The van der Waals surface area contributed by atoms with Gasteiger partial charge in [0.25, 0.3) is 0 Å². The van der Waals surface area contributed by atoms with Gasteiger partial charge < -0.3 is 10.5 Å². The largest absolute Gasteiger partial charge is 0.483 e. The number of hydrogen-bond donors (Lipinski definition) is 1. The van der Waals surface area contributed by atoms with Crippen molar-refractivity contribution in [2.24, 2.45) is 0 Å². The van der Waals surface area contributed by atoms with Crippen molar-refractivity contribution < 1.29 is 9.53 Å². The highest BCUT2D eigenvalue weighted by molar-refractivity contribution is 9.10. The summed E-state index contributed by atoms with van der Waals surface area (Å²) in [6.45, 7) is 1.79. The van der Waals surface area contributed by atoms with Gasteiger partial charge in [-0.05, 0) is 19.1 Å². The number of ether oxygens (including phenoxy) is 1. The Balaban J connectivity index is 2.28. The van der Waals surface area contributed by atoms with E-state index in [4.69, 9.17) is 10.5 Å². The number of aromatic nitrogens is 1. The molecule has 0 radical (unpaired) electrons. The Morgan fingerprint density at radius 1 is 1.56 bits per heavy atom. The number of anilines is 1. The maximum absolute atomic E-state index is 11.6. The molecule has 1 aromatic heterocycles. The number of carbonyl (C=O) groups is 1. The van der Waals surface area contributed by atoms with Crippen molar-refractivity contribution in [3.05, 3.63) is 38.8 Å². The average molecular weight is 327 g/mol. The highest BCUT2D eigenvalue weighted by atomic mass is 79.9. The Morgan fingerprint density at radius 2 is 2.33 bits per heavy atom. The molecule has 4 nitrogen and oxygen atoms in total. The lowest BCUT2D eigenvalue weighted by Gasteiger charge is -2.12. The first-order valence-corrected chi connectivity index (χ1v) is 6.86. The SMILES string of the molecule is CC(=O)c1cc(Br)cc(N)c1OCc1nccs1. The minimum atomic E-state index is -0.0860. The molecular formula is C12H11BrN2O2S. The Morgan fingerprint density at radius 3 is 2.94 bits per heavy atom. The number of nitrogen functional groups attached to an aromatic ring is 1. The highest BCUT2D eigenvalue weighted by Gasteiger charge is 2.14. The molecule has 0 saturated carbocycles. The number of nitrogens with zero attached hydrogens (tertiary/aromatic N) is 1. The number of hydrogen-bond acceptors (Lipinski definition) is 5. The molecule has 0 aliphatic carbocycles. The molecule has 0 bridgehead atoms. The molecule has 94 valence electrons. The molecular weight excluding hydrogens is 316 g/mol.